The van der Waals surface area contributed by atoms with Gasteiger partial charge in [0, 0.05) is 22.9 Å². The summed E-state index contributed by atoms with van der Waals surface area (Å²) in [5.74, 6) is -1.13. The second kappa shape index (κ2) is 7.67. The number of ketones is 2. The number of hydrogen-bond acceptors (Lipinski definition) is 3. The van der Waals surface area contributed by atoms with Gasteiger partial charge in [0.15, 0.2) is 11.6 Å². The largest absolute Gasteiger partial charge is 0.455 e. The third kappa shape index (κ3) is 3.32. The quantitative estimate of drug-likeness (QED) is 0.342. The number of Topliss-reactive ketones (excluding diaryl/α,β-unsaturated/α-hetero) is 2. The molecule has 5 heteroatoms. The van der Waals surface area contributed by atoms with Crippen LogP contribution in [0.25, 0.3) is 33.4 Å². The standard InChI is InChI=1S/C25H18F2O3/c1-3-21(29)23-20-13-16(19-6-4-5-18(14(2)28)24(19)27)9-12-22(20)30-25(23)15-7-10-17(26)11-8-15/h4-13H,3H2,1-2H3. The normalized spacial score (nSPS) is 11.1. The molecule has 0 aliphatic rings. The number of benzene rings is 3. The molecule has 0 spiro atoms. The van der Waals surface area contributed by atoms with E-state index in [1.165, 1.54) is 25.1 Å². The van der Waals surface area contributed by atoms with Crippen molar-refractivity contribution in [2.24, 2.45) is 0 Å². The second-order valence-electron chi connectivity index (χ2n) is 7.02. The molecule has 0 bridgehead atoms. The maximum atomic E-state index is 14.9. The Morgan fingerprint density at radius 2 is 1.63 bits per heavy atom. The van der Waals surface area contributed by atoms with Crippen LogP contribution in [0.3, 0.4) is 0 Å². The van der Waals surface area contributed by atoms with Gasteiger partial charge < -0.3 is 4.42 Å². The number of halogens is 2. The van der Waals surface area contributed by atoms with E-state index in [2.05, 4.69) is 0 Å². The Hall–Kier alpha value is -3.60. The molecule has 3 nitrogen and oxygen atoms in total. The highest BCUT2D eigenvalue weighted by atomic mass is 19.1. The summed E-state index contributed by atoms with van der Waals surface area (Å²) in [6, 6.07) is 15.4. The molecular weight excluding hydrogens is 386 g/mol. The summed E-state index contributed by atoms with van der Waals surface area (Å²) < 4.78 is 34.2. The third-order valence-corrected chi connectivity index (χ3v) is 5.08. The van der Waals surface area contributed by atoms with Gasteiger partial charge in [0.05, 0.1) is 11.1 Å². The molecule has 30 heavy (non-hydrogen) atoms. The van der Waals surface area contributed by atoms with Crippen LogP contribution in [0.5, 0.6) is 0 Å². The Morgan fingerprint density at radius 1 is 0.933 bits per heavy atom. The monoisotopic (exact) mass is 404 g/mol. The number of carbonyl (C=O) groups excluding carboxylic acids is 2. The van der Waals surface area contributed by atoms with Gasteiger partial charge in [0.1, 0.15) is 23.0 Å². The van der Waals surface area contributed by atoms with Crippen LogP contribution in [0.4, 0.5) is 8.78 Å². The minimum Gasteiger partial charge on any atom is -0.455 e. The van der Waals surface area contributed by atoms with Crippen LogP contribution in [0.2, 0.25) is 0 Å². The number of rotatable bonds is 5. The van der Waals surface area contributed by atoms with Gasteiger partial charge in [-0.2, -0.15) is 0 Å². The molecule has 0 saturated carbocycles. The highest BCUT2D eigenvalue weighted by Gasteiger charge is 2.22. The van der Waals surface area contributed by atoms with Gasteiger partial charge in [-0.05, 0) is 55.0 Å². The van der Waals surface area contributed by atoms with Crippen LogP contribution >= 0.6 is 0 Å². The third-order valence-electron chi connectivity index (χ3n) is 5.08. The average Bonchev–Trinajstić information content (AvgIpc) is 3.12. The molecule has 0 unspecified atom stereocenters. The first-order valence-electron chi connectivity index (χ1n) is 9.56. The van der Waals surface area contributed by atoms with E-state index in [1.54, 1.807) is 49.4 Å². The first-order chi connectivity index (χ1) is 14.4. The summed E-state index contributed by atoms with van der Waals surface area (Å²) in [7, 11) is 0. The van der Waals surface area contributed by atoms with Crippen LogP contribution in [-0.4, -0.2) is 11.6 Å². The summed E-state index contributed by atoms with van der Waals surface area (Å²) in [6.07, 6.45) is 0.251. The summed E-state index contributed by atoms with van der Waals surface area (Å²) in [5, 5.41) is 0.548. The van der Waals surface area contributed by atoms with E-state index in [9.17, 15) is 18.4 Å². The van der Waals surface area contributed by atoms with Crippen LogP contribution in [-0.2, 0) is 0 Å². The fraction of sp³-hybridized carbons (Fsp3) is 0.120. The highest BCUT2D eigenvalue weighted by molar-refractivity contribution is 6.12. The number of fused-ring (bicyclic) bond motifs is 1. The van der Waals surface area contributed by atoms with E-state index < -0.39 is 5.82 Å². The van der Waals surface area contributed by atoms with E-state index in [1.807, 2.05) is 0 Å². The highest BCUT2D eigenvalue weighted by Crippen LogP contribution is 2.37. The van der Waals surface area contributed by atoms with Crippen molar-refractivity contribution in [3.05, 3.63) is 83.4 Å². The Bertz CT molecular complexity index is 1280. The van der Waals surface area contributed by atoms with Crippen molar-refractivity contribution in [3.63, 3.8) is 0 Å². The van der Waals surface area contributed by atoms with Gasteiger partial charge in [-0.15, -0.1) is 0 Å². The smallest absolute Gasteiger partial charge is 0.167 e. The first kappa shape index (κ1) is 19.7. The Balaban J connectivity index is 1.95. The molecule has 0 aliphatic carbocycles. The van der Waals surface area contributed by atoms with Crippen LogP contribution < -0.4 is 0 Å². The minimum absolute atomic E-state index is 0.0108. The van der Waals surface area contributed by atoms with Crippen molar-refractivity contribution < 1.29 is 22.8 Å². The fourth-order valence-electron chi connectivity index (χ4n) is 3.55. The molecule has 0 atom stereocenters. The molecule has 0 radical (unpaired) electrons. The summed E-state index contributed by atoms with van der Waals surface area (Å²) >= 11 is 0. The number of hydrogen-bond donors (Lipinski definition) is 0. The van der Waals surface area contributed by atoms with E-state index in [0.717, 1.165) is 0 Å². The molecule has 4 aromatic rings. The zero-order chi connectivity index (χ0) is 21.4. The molecule has 0 saturated heterocycles. The van der Waals surface area contributed by atoms with E-state index in [-0.39, 0.29) is 34.9 Å². The van der Waals surface area contributed by atoms with Crippen LogP contribution in [0.1, 0.15) is 41.0 Å². The van der Waals surface area contributed by atoms with Crippen molar-refractivity contribution in [1.82, 2.24) is 0 Å². The van der Waals surface area contributed by atoms with Crippen LogP contribution in [0, 0.1) is 11.6 Å². The SMILES string of the molecule is CCC(=O)c1c(-c2ccc(F)cc2)oc2ccc(-c3cccc(C(C)=O)c3F)cc12. The van der Waals surface area contributed by atoms with Crippen molar-refractivity contribution in [3.8, 4) is 22.5 Å². The lowest BCUT2D eigenvalue weighted by Crippen LogP contribution is -1.99. The van der Waals surface area contributed by atoms with Crippen molar-refractivity contribution >= 4 is 22.5 Å². The number of carbonyl (C=O) groups is 2. The van der Waals surface area contributed by atoms with Gasteiger partial charge in [-0.3, -0.25) is 9.59 Å². The molecule has 1 aromatic heterocycles. The first-order valence-corrected chi connectivity index (χ1v) is 9.56. The summed E-state index contributed by atoms with van der Waals surface area (Å²) in [6.45, 7) is 3.06. The summed E-state index contributed by atoms with van der Waals surface area (Å²) in [4.78, 5) is 24.5. The molecule has 1 heterocycles. The molecule has 0 amide bonds. The van der Waals surface area contributed by atoms with E-state index >= 15 is 0 Å². The molecule has 4 rings (SSSR count). The fourth-order valence-corrected chi connectivity index (χ4v) is 3.55. The van der Waals surface area contributed by atoms with Gasteiger partial charge in [0.25, 0.3) is 0 Å². The van der Waals surface area contributed by atoms with Crippen LogP contribution in [0.15, 0.2) is 65.1 Å². The van der Waals surface area contributed by atoms with Crippen molar-refractivity contribution in [2.75, 3.05) is 0 Å². The number of furan rings is 1. The predicted octanol–water partition coefficient (Wildman–Crippen LogP) is 6.84. The van der Waals surface area contributed by atoms with Crippen molar-refractivity contribution in [1.29, 1.82) is 0 Å². The van der Waals surface area contributed by atoms with Crippen molar-refractivity contribution in [2.45, 2.75) is 20.3 Å². The van der Waals surface area contributed by atoms with E-state index in [4.69, 9.17) is 4.42 Å². The summed E-state index contributed by atoms with van der Waals surface area (Å²) in [5.41, 5.74) is 2.23. The molecule has 3 aromatic carbocycles. The maximum absolute atomic E-state index is 14.9. The van der Waals surface area contributed by atoms with Gasteiger partial charge in [-0.25, -0.2) is 8.78 Å². The molecule has 0 aliphatic heterocycles. The topological polar surface area (TPSA) is 47.3 Å². The van der Waals surface area contributed by atoms with Gasteiger partial charge in [0.2, 0.25) is 0 Å². The molecular formula is C25H18F2O3. The molecule has 0 fully saturated rings. The lowest BCUT2D eigenvalue weighted by atomic mass is 9.96. The second-order valence-corrected chi connectivity index (χ2v) is 7.02. The lowest BCUT2D eigenvalue weighted by molar-refractivity contribution is 0.0986. The lowest BCUT2D eigenvalue weighted by Gasteiger charge is -2.07. The zero-order valence-corrected chi connectivity index (χ0v) is 16.5. The average molecular weight is 404 g/mol. The zero-order valence-electron chi connectivity index (χ0n) is 16.5. The molecule has 150 valence electrons. The van der Waals surface area contributed by atoms with E-state index in [0.29, 0.717) is 33.4 Å². The Labute approximate surface area is 172 Å². The Kier molecular flexibility index (Phi) is 5.04. The maximum Gasteiger partial charge on any atom is 0.167 e. The Morgan fingerprint density at radius 3 is 2.30 bits per heavy atom. The molecule has 0 N–H and O–H groups in total. The predicted molar refractivity (Wildman–Crippen MR) is 112 cm³/mol. The minimum atomic E-state index is -0.602. The van der Waals surface area contributed by atoms with Gasteiger partial charge >= 0.3 is 0 Å². The van der Waals surface area contributed by atoms with Gasteiger partial charge in [-0.1, -0.05) is 25.1 Å².